The maximum atomic E-state index is 11.9. The Morgan fingerprint density at radius 3 is 2.31 bits per heavy atom. The van der Waals surface area contributed by atoms with Crippen LogP contribution in [-0.2, 0) is 4.74 Å². The monoisotopic (exact) mass is 228 g/mol. The average Bonchev–Trinajstić information content (AvgIpc) is 2.08. The predicted octanol–water partition coefficient (Wildman–Crippen LogP) is 1.85. The highest BCUT2D eigenvalue weighted by atomic mass is 16.6. The molecule has 1 saturated heterocycles. The lowest BCUT2D eigenvalue weighted by atomic mass is 9.84. The number of carbonyl (C=O) groups excluding carboxylic acids is 1. The molecule has 1 aliphatic heterocycles. The third kappa shape index (κ3) is 3.67. The van der Waals surface area contributed by atoms with Crippen LogP contribution < -0.4 is 5.32 Å². The summed E-state index contributed by atoms with van der Waals surface area (Å²) in [6, 6.07) is 0. The number of hydrogen-bond acceptors (Lipinski definition) is 3. The number of rotatable bonds is 3. The molecule has 0 aromatic heterocycles. The van der Waals surface area contributed by atoms with E-state index in [4.69, 9.17) is 4.74 Å². The van der Waals surface area contributed by atoms with Gasteiger partial charge in [-0.2, -0.15) is 0 Å². The smallest absolute Gasteiger partial charge is 0.410 e. The molecule has 1 fully saturated rings. The molecular formula is C12H24N2O2. The fourth-order valence-electron chi connectivity index (χ4n) is 1.76. The summed E-state index contributed by atoms with van der Waals surface area (Å²) in [7, 11) is 0. The fourth-order valence-corrected chi connectivity index (χ4v) is 1.76. The summed E-state index contributed by atoms with van der Waals surface area (Å²) in [5, 5.41) is 3.24. The number of nitrogens with zero attached hydrogens (tertiary/aromatic N) is 1. The Balaban J connectivity index is 2.50. The fraction of sp³-hybridized carbons (Fsp3) is 0.917. The first-order chi connectivity index (χ1) is 7.26. The van der Waals surface area contributed by atoms with Crippen molar-refractivity contribution >= 4 is 6.09 Å². The summed E-state index contributed by atoms with van der Waals surface area (Å²) in [4.78, 5) is 13.7. The van der Waals surface area contributed by atoms with E-state index in [-0.39, 0.29) is 11.5 Å². The van der Waals surface area contributed by atoms with Crippen molar-refractivity contribution in [2.24, 2.45) is 5.41 Å². The van der Waals surface area contributed by atoms with Gasteiger partial charge in [0.1, 0.15) is 5.60 Å². The molecule has 0 atom stereocenters. The Morgan fingerprint density at radius 1 is 1.44 bits per heavy atom. The molecule has 0 bridgehead atoms. The van der Waals surface area contributed by atoms with Crippen LogP contribution >= 0.6 is 0 Å². The summed E-state index contributed by atoms with van der Waals surface area (Å²) in [5.74, 6) is 0. The summed E-state index contributed by atoms with van der Waals surface area (Å²) in [6.45, 7) is 13.3. The van der Waals surface area contributed by atoms with Crippen LogP contribution in [0.5, 0.6) is 0 Å². The van der Waals surface area contributed by atoms with E-state index < -0.39 is 5.60 Å². The minimum Gasteiger partial charge on any atom is -0.444 e. The first-order valence-electron chi connectivity index (χ1n) is 5.94. The van der Waals surface area contributed by atoms with Crippen molar-refractivity contribution < 1.29 is 9.53 Å². The van der Waals surface area contributed by atoms with Gasteiger partial charge in [0, 0.05) is 31.6 Å². The lowest BCUT2D eigenvalue weighted by Gasteiger charge is -2.42. The summed E-state index contributed by atoms with van der Waals surface area (Å²) >= 11 is 0. The molecule has 0 saturated carbocycles. The van der Waals surface area contributed by atoms with Crippen molar-refractivity contribution in [3.05, 3.63) is 0 Å². The zero-order valence-corrected chi connectivity index (χ0v) is 11.1. The van der Waals surface area contributed by atoms with Crippen molar-refractivity contribution in [2.45, 2.75) is 40.2 Å². The molecular weight excluding hydrogens is 204 g/mol. The van der Waals surface area contributed by atoms with E-state index in [9.17, 15) is 4.79 Å². The van der Waals surface area contributed by atoms with Crippen molar-refractivity contribution in [3.63, 3.8) is 0 Å². The van der Waals surface area contributed by atoms with E-state index in [2.05, 4.69) is 12.2 Å². The molecule has 1 heterocycles. The first kappa shape index (κ1) is 13.3. The lowest BCUT2D eigenvalue weighted by molar-refractivity contribution is 0.0129. The quantitative estimate of drug-likeness (QED) is 0.801. The maximum absolute atomic E-state index is 11.9. The minimum atomic E-state index is -0.413. The third-order valence-electron chi connectivity index (χ3n) is 2.71. The Hall–Kier alpha value is -0.770. The summed E-state index contributed by atoms with van der Waals surface area (Å²) in [5.41, 5.74) is -0.198. The second-order valence-corrected chi connectivity index (χ2v) is 5.91. The minimum absolute atomic E-state index is 0.205. The van der Waals surface area contributed by atoms with Gasteiger partial charge in [0.2, 0.25) is 0 Å². The van der Waals surface area contributed by atoms with Crippen molar-refractivity contribution in [1.29, 1.82) is 0 Å². The zero-order chi connectivity index (χ0) is 12.4. The molecule has 1 aliphatic rings. The van der Waals surface area contributed by atoms with Crippen LogP contribution in [0, 0.1) is 5.41 Å². The number of nitrogens with one attached hydrogen (secondary N) is 1. The largest absolute Gasteiger partial charge is 0.444 e. The second kappa shape index (κ2) is 4.62. The van der Waals surface area contributed by atoms with Crippen LogP contribution in [0.3, 0.4) is 0 Å². The Labute approximate surface area is 98.3 Å². The van der Waals surface area contributed by atoms with E-state index in [0.717, 1.165) is 19.6 Å². The molecule has 16 heavy (non-hydrogen) atoms. The molecule has 1 amide bonds. The van der Waals surface area contributed by atoms with E-state index in [1.165, 1.54) is 0 Å². The molecule has 0 aliphatic carbocycles. The van der Waals surface area contributed by atoms with Gasteiger partial charge < -0.3 is 15.0 Å². The Morgan fingerprint density at radius 2 is 2.00 bits per heavy atom. The third-order valence-corrected chi connectivity index (χ3v) is 2.71. The lowest BCUT2D eigenvalue weighted by Crippen LogP contribution is -2.58. The van der Waals surface area contributed by atoms with Gasteiger partial charge in [-0.3, -0.25) is 0 Å². The van der Waals surface area contributed by atoms with Gasteiger partial charge in [-0.25, -0.2) is 4.79 Å². The van der Waals surface area contributed by atoms with Crippen molar-refractivity contribution in [3.8, 4) is 0 Å². The zero-order valence-electron chi connectivity index (χ0n) is 11.1. The van der Waals surface area contributed by atoms with Gasteiger partial charge in [-0.15, -0.1) is 0 Å². The van der Waals surface area contributed by atoms with Crippen LogP contribution in [0.2, 0.25) is 0 Å². The molecule has 1 N–H and O–H groups in total. The number of hydrogen-bond donors (Lipinski definition) is 1. The molecule has 0 spiro atoms. The van der Waals surface area contributed by atoms with Crippen LogP contribution in [0.4, 0.5) is 4.79 Å². The maximum Gasteiger partial charge on any atom is 0.410 e. The molecule has 0 aromatic carbocycles. The second-order valence-electron chi connectivity index (χ2n) is 5.91. The van der Waals surface area contributed by atoms with Crippen molar-refractivity contribution in [2.75, 3.05) is 26.2 Å². The molecule has 94 valence electrons. The van der Waals surface area contributed by atoms with Gasteiger partial charge in [0.05, 0.1) is 0 Å². The van der Waals surface area contributed by atoms with Crippen molar-refractivity contribution in [1.82, 2.24) is 10.2 Å². The Bertz CT molecular complexity index is 254. The van der Waals surface area contributed by atoms with Gasteiger partial charge in [0.15, 0.2) is 0 Å². The molecule has 4 heteroatoms. The average molecular weight is 228 g/mol. The highest BCUT2D eigenvalue weighted by molar-refractivity contribution is 5.68. The Kier molecular flexibility index (Phi) is 3.84. The highest BCUT2D eigenvalue weighted by Crippen LogP contribution is 2.23. The van der Waals surface area contributed by atoms with E-state index in [1.807, 2.05) is 27.7 Å². The first-order valence-corrected chi connectivity index (χ1v) is 5.94. The molecule has 0 radical (unpaired) electrons. The summed E-state index contributed by atoms with van der Waals surface area (Å²) in [6.07, 6.45) is -0.205. The topological polar surface area (TPSA) is 41.6 Å². The van der Waals surface area contributed by atoms with Gasteiger partial charge in [0.25, 0.3) is 0 Å². The highest BCUT2D eigenvalue weighted by Gasteiger charge is 2.35. The normalized spacial score (nSPS) is 18.8. The van der Waals surface area contributed by atoms with Gasteiger partial charge in [-0.1, -0.05) is 6.92 Å². The number of amides is 1. The van der Waals surface area contributed by atoms with Crippen LogP contribution in [-0.4, -0.2) is 42.8 Å². The molecule has 1 rings (SSSR count). The molecule has 0 unspecified atom stereocenters. The molecule has 4 nitrogen and oxygen atoms in total. The summed E-state index contributed by atoms with van der Waals surface area (Å²) < 4.78 is 5.37. The van der Waals surface area contributed by atoms with Gasteiger partial charge >= 0.3 is 6.09 Å². The predicted molar refractivity (Wildman–Crippen MR) is 64.5 cm³/mol. The number of carbonyl (C=O) groups is 1. The van der Waals surface area contributed by atoms with Crippen LogP contribution in [0.1, 0.15) is 34.6 Å². The van der Waals surface area contributed by atoms with Crippen LogP contribution in [0.15, 0.2) is 0 Å². The standard InChI is InChI=1S/C12H24N2O2/c1-6-14(9-12(5)7-13-8-12)10(15)16-11(2,3)4/h13H,6-9H2,1-5H3. The SMILES string of the molecule is CCN(CC1(C)CNC1)C(=O)OC(C)(C)C. The van der Waals surface area contributed by atoms with Crippen LogP contribution in [0.25, 0.3) is 0 Å². The number of ether oxygens (including phenoxy) is 1. The molecule has 0 aromatic rings. The van der Waals surface area contributed by atoms with E-state index in [1.54, 1.807) is 4.90 Å². The van der Waals surface area contributed by atoms with Gasteiger partial charge in [-0.05, 0) is 27.7 Å². The van der Waals surface area contributed by atoms with E-state index in [0.29, 0.717) is 6.54 Å². The van der Waals surface area contributed by atoms with E-state index >= 15 is 0 Å².